The van der Waals surface area contributed by atoms with Gasteiger partial charge in [0.1, 0.15) is 6.04 Å². The van der Waals surface area contributed by atoms with E-state index < -0.39 is 0 Å². The second-order valence-corrected chi connectivity index (χ2v) is 3.30. The molecule has 5 nitrogen and oxygen atoms in total. The summed E-state index contributed by atoms with van der Waals surface area (Å²) in [4.78, 5) is 11.1. The highest BCUT2D eigenvalue weighted by atomic mass is 16.1. The highest BCUT2D eigenvalue weighted by Crippen LogP contribution is 2.13. The maximum absolute atomic E-state index is 11.1. The third-order valence-corrected chi connectivity index (χ3v) is 2.17. The first-order valence-electron chi connectivity index (χ1n) is 4.90. The van der Waals surface area contributed by atoms with Crippen molar-refractivity contribution in [1.29, 1.82) is 0 Å². The molecule has 1 aromatic heterocycles. The number of nitrogens with zero attached hydrogens (tertiary/aromatic N) is 3. The first kappa shape index (κ1) is 10.7. The second-order valence-electron chi connectivity index (χ2n) is 3.30. The van der Waals surface area contributed by atoms with Gasteiger partial charge < -0.3 is 5.73 Å². The Kier molecular flexibility index (Phi) is 4.10. The number of carbonyl (C=O) groups excluding carboxylic acids is 1. The lowest BCUT2D eigenvalue weighted by Crippen LogP contribution is -2.27. The Morgan fingerprint density at radius 2 is 2.36 bits per heavy atom. The molecule has 1 aromatic rings. The van der Waals surface area contributed by atoms with Crippen molar-refractivity contribution in [3.63, 3.8) is 0 Å². The predicted octanol–water partition coefficient (Wildman–Crippen LogP) is 0.885. The molecule has 0 saturated carbocycles. The number of hydrogen-bond acceptors (Lipinski definition) is 3. The van der Waals surface area contributed by atoms with E-state index >= 15 is 0 Å². The van der Waals surface area contributed by atoms with Crippen LogP contribution in [0.3, 0.4) is 0 Å². The number of nitrogens with two attached hydrogens (primary N) is 1. The van der Waals surface area contributed by atoms with Gasteiger partial charge in [-0.05, 0) is 6.42 Å². The third kappa shape index (κ3) is 2.83. The van der Waals surface area contributed by atoms with Crippen molar-refractivity contribution in [1.82, 2.24) is 15.0 Å². The van der Waals surface area contributed by atoms with E-state index in [0.29, 0.717) is 0 Å². The van der Waals surface area contributed by atoms with Crippen LogP contribution in [0.25, 0.3) is 0 Å². The SMILES string of the molecule is CCCCCC(C(N)=O)n1ccnn1. The summed E-state index contributed by atoms with van der Waals surface area (Å²) in [6, 6.07) is -0.343. The molecular weight excluding hydrogens is 180 g/mol. The van der Waals surface area contributed by atoms with E-state index in [9.17, 15) is 4.79 Å². The zero-order valence-corrected chi connectivity index (χ0v) is 8.39. The van der Waals surface area contributed by atoms with Crippen molar-refractivity contribution < 1.29 is 4.79 Å². The van der Waals surface area contributed by atoms with Gasteiger partial charge in [0.25, 0.3) is 0 Å². The maximum Gasteiger partial charge on any atom is 0.242 e. The maximum atomic E-state index is 11.1. The molecule has 0 aromatic carbocycles. The Morgan fingerprint density at radius 3 is 2.86 bits per heavy atom. The van der Waals surface area contributed by atoms with E-state index in [4.69, 9.17) is 5.73 Å². The first-order valence-corrected chi connectivity index (χ1v) is 4.90. The largest absolute Gasteiger partial charge is 0.368 e. The van der Waals surface area contributed by atoms with Gasteiger partial charge in [-0.15, -0.1) is 5.10 Å². The van der Waals surface area contributed by atoms with Crippen LogP contribution in [-0.2, 0) is 4.79 Å². The molecule has 2 N–H and O–H groups in total. The molecule has 0 aliphatic heterocycles. The number of unbranched alkanes of at least 4 members (excludes halogenated alkanes) is 2. The van der Waals surface area contributed by atoms with Crippen LogP contribution in [-0.4, -0.2) is 20.9 Å². The van der Waals surface area contributed by atoms with Crippen molar-refractivity contribution in [3.05, 3.63) is 12.4 Å². The van der Waals surface area contributed by atoms with Crippen molar-refractivity contribution >= 4 is 5.91 Å². The Hall–Kier alpha value is -1.39. The van der Waals surface area contributed by atoms with Crippen molar-refractivity contribution in [3.8, 4) is 0 Å². The molecule has 5 heteroatoms. The first-order chi connectivity index (χ1) is 6.75. The van der Waals surface area contributed by atoms with Crippen molar-refractivity contribution in [2.45, 2.75) is 38.6 Å². The molecule has 0 spiro atoms. The topological polar surface area (TPSA) is 73.8 Å². The molecule has 1 rings (SSSR count). The summed E-state index contributed by atoms with van der Waals surface area (Å²) >= 11 is 0. The Bertz CT molecular complexity index is 270. The van der Waals surface area contributed by atoms with Gasteiger partial charge in [-0.1, -0.05) is 31.4 Å². The number of carbonyl (C=O) groups is 1. The average molecular weight is 196 g/mol. The van der Waals surface area contributed by atoms with E-state index in [-0.39, 0.29) is 11.9 Å². The molecule has 14 heavy (non-hydrogen) atoms. The highest BCUT2D eigenvalue weighted by molar-refractivity contribution is 5.78. The summed E-state index contributed by atoms with van der Waals surface area (Å²) in [6.45, 7) is 2.12. The summed E-state index contributed by atoms with van der Waals surface area (Å²) in [5.41, 5.74) is 5.28. The minimum atomic E-state index is -0.343. The van der Waals surface area contributed by atoms with Crippen LogP contribution in [0.5, 0.6) is 0 Å². The lowest BCUT2D eigenvalue weighted by Gasteiger charge is -2.12. The van der Waals surface area contributed by atoms with Crippen molar-refractivity contribution in [2.24, 2.45) is 5.73 Å². The molecule has 0 radical (unpaired) electrons. The minimum absolute atomic E-state index is 0.341. The third-order valence-electron chi connectivity index (χ3n) is 2.17. The molecule has 1 amide bonds. The zero-order chi connectivity index (χ0) is 10.4. The lowest BCUT2D eigenvalue weighted by atomic mass is 10.1. The van der Waals surface area contributed by atoms with E-state index in [1.54, 1.807) is 12.4 Å². The molecule has 1 heterocycles. The summed E-state index contributed by atoms with van der Waals surface area (Å²) in [5, 5.41) is 7.44. The van der Waals surface area contributed by atoms with Crippen LogP contribution in [0.4, 0.5) is 0 Å². The van der Waals surface area contributed by atoms with Crippen molar-refractivity contribution in [2.75, 3.05) is 0 Å². The van der Waals surface area contributed by atoms with E-state index in [1.165, 1.54) is 4.68 Å². The smallest absolute Gasteiger partial charge is 0.242 e. The van der Waals surface area contributed by atoms with Gasteiger partial charge in [0.2, 0.25) is 5.91 Å². The Balaban J connectivity index is 2.52. The molecular formula is C9H16N4O. The standard InChI is InChI=1S/C9H16N4O/c1-2-3-4-5-8(9(10)14)13-7-6-11-12-13/h6-8H,2-5H2,1H3,(H2,10,14). The fourth-order valence-corrected chi connectivity index (χ4v) is 1.38. The Labute approximate surface area is 83.3 Å². The van der Waals surface area contributed by atoms with Gasteiger partial charge in [0.15, 0.2) is 0 Å². The number of primary amides is 1. The molecule has 0 saturated heterocycles. The van der Waals surface area contributed by atoms with Crippen LogP contribution in [0.1, 0.15) is 38.6 Å². The number of aromatic nitrogens is 3. The van der Waals surface area contributed by atoms with Crippen LogP contribution in [0, 0.1) is 0 Å². The number of hydrogen-bond donors (Lipinski definition) is 1. The quantitative estimate of drug-likeness (QED) is 0.686. The lowest BCUT2D eigenvalue weighted by molar-refractivity contribution is -0.121. The van der Waals surface area contributed by atoms with Gasteiger partial charge >= 0.3 is 0 Å². The molecule has 78 valence electrons. The van der Waals surface area contributed by atoms with Gasteiger partial charge in [-0.25, -0.2) is 4.68 Å². The fraction of sp³-hybridized carbons (Fsp3) is 0.667. The molecule has 1 unspecified atom stereocenters. The summed E-state index contributed by atoms with van der Waals surface area (Å²) in [5.74, 6) is -0.341. The van der Waals surface area contributed by atoms with Gasteiger partial charge in [-0.3, -0.25) is 4.79 Å². The van der Waals surface area contributed by atoms with Crippen LogP contribution >= 0.6 is 0 Å². The minimum Gasteiger partial charge on any atom is -0.368 e. The second kappa shape index (κ2) is 5.36. The highest BCUT2D eigenvalue weighted by Gasteiger charge is 2.16. The van der Waals surface area contributed by atoms with E-state index in [1.807, 2.05) is 0 Å². The molecule has 0 aliphatic carbocycles. The molecule has 0 aliphatic rings. The van der Waals surface area contributed by atoms with E-state index in [2.05, 4.69) is 17.2 Å². The normalized spacial score (nSPS) is 12.6. The Morgan fingerprint density at radius 1 is 1.57 bits per heavy atom. The van der Waals surface area contributed by atoms with Gasteiger partial charge in [0.05, 0.1) is 6.20 Å². The zero-order valence-electron chi connectivity index (χ0n) is 8.39. The molecule has 0 bridgehead atoms. The van der Waals surface area contributed by atoms with E-state index in [0.717, 1.165) is 25.7 Å². The predicted molar refractivity (Wildman–Crippen MR) is 52.4 cm³/mol. The monoisotopic (exact) mass is 196 g/mol. The fourth-order valence-electron chi connectivity index (χ4n) is 1.38. The van der Waals surface area contributed by atoms with Gasteiger partial charge in [-0.2, -0.15) is 0 Å². The molecule has 0 fully saturated rings. The van der Waals surface area contributed by atoms with Crippen LogP contribution in [0.2, 0.25) is 0 Å². The number of rotatable bonds is 6. The number of amides is 1. The molecule has 1 atom stereocenters. The van der Waals surface area contributed by atoms with Crippen LogP contribution < -0.4 is 5.73 Å². The average Bonchev–Trinajstić information content (AvgIpc) is 2.64. The summed E-state index contributed by atoms with van der Waals surface area (Å²) < 4.78 is 1.53. The summed E-state index contributed by atoms with van der Waals surface area (Å²) in [6.07, 6.45) is 7.19. The van der Waals surface area contributed by atoms with Crippen LogP contribution in [0.15, 0.2) is 12.4 Å². The summed E-state index contributed by atoms with van der Waals surface area (Å²) in [7, 11) is 0. The van der Waals surface area contributed by atoms with Gasteiger partial charge in [0, 0.05) is 6.20 Å².